The molecule has 0 bridgehead atoms. The molecular formula is C26H29FN6O4S2. The van der Waals surface area contributed by atoms with Crippen molar-refractivity contribution in [3.05, 3.63) is 53.7 Å². The Kier molecular flexibility index (Phi) is 8.33. The zero-order chi connectivity index (χ0) is 28.3. The number of amides is 1. The summed E-state index contributed by atoms with van der Waals surface area (Å²) < 4.78 is 46.7. The first-order valence-corrected chi connectivity index (χ1v) is 14.4. The minimum absolute atomic E-state index is 0.0343. The van der Waals surface area contributed by atoms with Crippen LogP contribution in [0, 0.1) is 5.82 Å². The summed E-state index contributed by atoms with van der Waals surface area (Å²) in [6.45, 7) is 3.34. The number of carbonyl (C=O) groups is 1. The van der Waals surface area contributed by atoms with Crippen LogP contribution in [0.15, 0.2) is 52.7 Å². The number of methoxy groups -OCH3 is 1. The van der Waals surface area contributed by atoms with Crippen molar-refractivity contribution in [1.82, 2.24) is 14.9 Å². The number of hydrogen-bond donors (Lipinski definition) is 3. The highest BCUT2D eigenvalue weighted by Crippen LogP contribution is 2.36. The van der Waals surface area contributed by atoms with Gasteiger partial charge in [0.1, 0.15) is 5.75 Å². The summed E-state index contributed by atoms with van der Waals surface area (Å²) in [4.78, 5) is 23.2. The number of halogens is 1. The average Bonchev–Trinajstić information content (AvgIpc) is 3.34. The highest BCUT2D eigenvalue weighted by atomic mass is 32.2. The molecule has 0 saturated carbocycles. The maximum atomic E-state index is 14.7. The molecular weight excluding hydrogens is 543 g/mol. The number of rotatable bonds is 10. The van der Waals surface area contributed by atoms with Gasteiger partial charge in [0.2, 0.25) is 11.9 Å². The second-order valence-electron chi connectivity index (χ2n) is 9.19. The van der Waals surface area contributed by atoms with Crippen LogP contribution in [0.3, 0.4) is 0 Å². The predicted molar refractivity (Wildman–Crippen MR) is 153 cm³/mol. The van der Waals surface area contributed by atoms with Crippen LogP contribution in [0.5, 0.6) is 5.75 Å². The van der Waals surface area contributed by atoms with Crippen LogP contribution in [0.25, 0.3) is 10.2 Å². The number of para-hydroxylation sites is 1. The van der Waals surface area contributed by atoms with Crippen molar-refractivity contribution in [3.63, 3.8) is 0 Å². The molecule has 0 unspecified atom stereocenters. The van der Waals surface area contributed by atoms with Crippen LogP contribution in [0.1, 0.15) is 13.8 Å². The smallest absolute Gasteiger partial charge is 0.238 e. The lowest BCUT2D eigenvalue weighted by atomic mass is 10.2. The molecule has 3 N–H and O–H groups in total. The Hall–Kier alpha value is -3.81. The van der Waals surface area contributed by atoms with Crippen molar-refractivity contribution in [3.8, 4) is 5.75 Å². The number of ether oxygens (including phenoxy) is 1. The van der Waals surface area contributed by atoms with Gasteiger partial charge in [0.15, 0.2) is 21.5 Å². The number of aromatic nitrogens is 2. The number of nitrogens with one attached hydrogen (secondary N) is 3. The van der Waals surface area contributed by atoms with E-state index in [4.69, 9.17) is 4.74 Å². The maximum absolute atomic E-state index is 14.7. The standard InChI is InChI=1S/C26H29FN6O4S2/c1-15(2)39(35,36)22-9-7-6-8-17(22)29-25-24-18(10-11-38-24)30-26(32-25)31-20-13-19(16(27)12-21(20)37-5)28-23(34)14-33(3)4/h6-13,15H,14H2,1-5H3,(H,28,34)(H2,29,30,31,32). The van der Waals surface area contributed by atoms with Crippen molar-refractivity contribution >= 4 is 66.1 Å². The summed E-state index contributed by atoms with van der Waals surface area (Å²) in [6.07, 6.45) is 0. The van der Waals surface area contributed by atoms with Crippen molar-refractivity contribution < 1.29 is 22.3 Å². The molecule has 0 atom stereocenters. The van der Waals surface area contributed by atoms with Crippen LogP contribution in [0.2, 0.25) is 0 Å². The molecule has 2 heterocycles. The van der Waals surface area contributed by atoms with Gasteiger partial charge >= 0.3 is 0 Å². The van der Waals surface area contributed by atoms with Gasteiger partial charge in [-0.05, 0) is 57.6 Å². The molecule has 4 aromatic rings. The third kappa shape index (κ3) is 6.27. The maximum Gasteiger partial charge on any atom is 0.238 e. The number of benzene rings is 2. The van der Waals surface area contributed by atoms with Gasteiger partial charge in [0.05, 0.1) is 51.1 Å². The molecule has 0 aliphatic carbocycles. The first-order chi connectivity index (χ1) is 18.5. The van der Waals surface area contributed by atoms with E-state index in [2.05, 4.69) is 25.9 Å². The number of thiophene rings is 1. The van der Waals surface area contributed by atoms with E-state index in [1.165, 1.54) is 24.5 Å². The second kappa shape index (κ2) is 11.5. The molecule has 0 aliphatic rings. The van der Waals surface area contributed by atoms with Crippen LogP contribution >= 0.6 is 11.3 Å². The Morgan fingerprint density at radius 3 is 2.51 bits per heavy atom. The summed E-state index contributed by atoms with van der Waals surface area (Å²) in [5, 5.41) is 10.0. The monoisotopic (exact) mass is 572 g/mol. The zero-order valence-electron chi connectivity index (χ0n) is 22.1. The molecule has 0 saturated heterocycles. The highest BCUT2D eigenvalue weighted by Gasteiger charge is 2.23. The van der Waals surface area contributed by atoms with Gasteiger partial charge in [-0.2, -0.15) is 4.98 Å². The number of sulfone groups is 1. The van der Waals surface area contributed by atoms with Gasteiger partial charge in [-0.3, -0.25) is 4.79 Å². The number of carbonyl (C=O) groups excluding carboxylic acids is 1. The fraction of sp³-hybridized carbons (Fsp3) is 0.269. The Bertz CT molecular complexity index is 1620. The van der Waals surface area contributed by atoms with E-state index in [-0.39, 0.29) is 34.7 Å². The molecule has 2 aromatic heterocycles. The van der Waals surface area contributed by atoms with Crippen molar-refractivity contribution in [2.24, 2.45) is 0 Å². The minimum atomic E-state index is -3.57. The molecule has 0 aliphatic heterocycles. The quantitative estimate of drug-likeness (QED) is 0.240. The van der Waals surface area contributed by atoms with Gasteiger partial charge in [-0.1, -0.05) is 12.1 Å². The number of anilines is 5. The largest absolute Gasteiger partial charge is 0.494 e. The van der Waals surface area contributed by atoms with Gasteiger partial charge in [0.25, 0.3) is 0 Å². The number of hydrogen-bond acceptors (Lipinski definition) is 10. The summed E-state index contributed by atoms with van der Waals surface area (Å²) in [5.41, 5.74) is 1.29. The van der Waals surface area contributed by atoms with E-state index in [0.29, 0.717) is 22.7 Å². The third-order valence-electron chi connectivity index (χ3n) is 5.64. The molecule has 206 valence electrons. The number of fused-ring (bicyclic) bond motifs is 1. The predicted octanol–water partition coefficient (Wildman–Crippen LogP) is 5.01. The Morgan fingerprint density at radius 1 is 1.08 bits per heavy atom. The van der Waals surface area contributed by atoms with Crippen molar-refractivity contribution in [2.75, 3.05) is 43.7 Å². The number of nitrogens with zero attached hydrogens (tertiary/aromatic N) is 3. The Labute approximate surface area is 230 Å². The third-order valence-corrected chi connectivity index (χ3v) is 8.76. The van der Waals surface area contributed by atoms with Crippen LogP contribution < -0.4 is 20.7 Å². The van der Waals surface area contributed by atoms with E-state index >= 15 is 0 Å². The topological polar surface area (TPSA) is 126 Å². The highest BCUT2D eigenvalue weighted by molar-refractivity contribution is 7.92. The molecule has 1 amide bonds. The molecule has 0 spiro atoms. The van der Waals surface area contributed by atoms with Crippen LogP contribution in [-0.4, -0.2) is 62.2 Å². The molecule has 10 nitrogen and oxygen atoms in total. The zero-order valence-corrected chi connectivity index (χ0v) is 23.7. The average molecular weight is 573 g/mol. The fourth-order valence-electron chi connectivity index (χ4n) is 3.72. The van der Waals surface area contributed by atoms with Gasteiger partial charge < -0.3 is 25.6 Å². The summed E-state index contributed by atoms with van der Waals surface area (Å²) in [6, 6.07) is 11.0. The van der Waals surface area contributed by atoms with E-state index in [1.54, 1.807) is 57.1 Å². The normalized spacial score (nSPS) is 11.7. The lowest BCUT2D eigenvalue weighted by molar-refractivity contribution is -0.116. The number of likely N-dealkylation sites (N-methyl/N-ethyl adjacent to an activating group) is 1. The van der Waals surface area contributed by atoms with Gasteiger partial charge in [-0.25, -0.2) is 17.8 Å². The van der Waals surface area contributed by atoms with E-state index in [9.17, 15) is 17.6 Å². The minimum Gasteiger partial charge on any atom is -0.494 e. The second-order valence-corrected chi connectivity index (χ2v) is 12.6. The lowest BCUT2D eigenvalue weighted by Crippen LogP contribution is -2.27. The first-order valence-electron chi connectivity index (χ1n) is 11.9. The summed E-state index contributed by atoms with van der Waals surface area (Å²) in [5.74, 6) is -0.320. The Morgan fingerprint density at radius 2 is 1.82 bits per heavy atom. The summed E-state index contributed by atoms with van der Waals surface area (Å²) >= 11 is 1.40. The van der Waals surface area contributed by atoms with Crippen molar-refractivity contribution in [2.45, 2.75) is 24.0 Å². The van der Waals surface area contributed by atoms with Crippen LogP contribution in [-0.2, 0) is 14.6 Å². The SMILES string of the molecule is COc1cc(F)c(NC(=O)CN(C)C)cc1Nc1nc(Nc2ccccc2S(=O)(=O)C(C)C)c2sccc2n1. The van der Waals surface area contributed by atoms with E-state index in [1.807, 2.05) is 11.4 Å². The van der Waals surface area contributed by atoms with Crippen molar-refractivity contribution in [1.29, 1.82) is 0 Å². The molecule has 0 radical (unpaired) electrons. The lowest BCUT2D eigenvalue weighted by Gasteiger charge is -2.16. The Balaban J connectivity index is 1.72. The van der Waals surface area contributed by atoms with E-state index < -0.39 is 20.9 Å². The molecule has 4 rings (SSSR count). The fourth-order valence-corrected chi connectivity index (χ4v) is 5.70. The summed E-state index contributed by atoms with van der Waals surface area (Å²) in [7, 11) is 1.29. The first kappa shape index (κ1) is 28.2. The molecule has 2 aromatic carbocycles. The molecule has 39 heavy (non-hydrogen) atoms. The van der Waals surface area contributed by atoms with Crippen LogP contribution in [0.4, 0.5) is 33.2 Å². The van der Waals surface area contributed by atoms with Gasteiger partial charge in [-0.15, -0.1) is 11.3 Å². The van der Waals surface area contributed by atoms with E-state index in [0.717, 1.165) is 10.8 Å². The van der Waals surface area contributed by atoms with Gasteiger partial charge in [0, 0.05) is 6.07 Å². The molecule has 0 fully saturated rings. The molecule has 13 heteroatoms.